The third-order valence-corrected chi connectivity index (χ3v) is 7.23. The molecule has 1 atom stereocenters. The Bertz CT molecular complexity index is 384. The lowest BCUT2D eigenvalue weighted by Gasteiger charge is -2.25. The smallest absolute Gasteiger partial charge is 0.305 e. The van der Waals surface area contributed by atoms with Gasteiger partial charge in [-0.3, -0.25) is 9.13 Å². The van der Waals surface area contributed by atoms with E-state index in [0.29, 0.717) is 19.3 Å². The predicted molar refractivity (Wildman–Crippen MR) is 84.7 cm³/mol. The van der Waals surface area contributed by atoms with Crippen LogP contribution < -0.4 is 0 Å². The minimum atomic E-state index is -3.74. The van der Waals surface area contributed by atoms with E-state index >= 15 is 0 Å². The van der Waals surface area contributed by atoms with Crippen LogP contribution in [0.25, 0.3) is 0 Å². The van der Waals surface area contributed by atoms with Gasteiger partial charge in [-0.15, -0.1) is 0 Å². The van der Waals surface area contributed by atoms with Crippen LogP contribution in [-0.2, 0) is 27.2 Å². The molecule has 6 nitrogen and oxygen atoms in total. The standard InChI is InChI=1S/C13H28O6P2/c1-6-10-17-20(14,16-9-4)13(5)21(15,18-11-7-2)19-12-8-3/h5-12H2,1-4H3. The molecule has 8 heteroatoms. The molecule has 0 heterocycles. The van der Waals surface area contributed by atoms with Crippen LogP contribution in [0.1, 0.15) is 47.0 Å². The Hall–Kier alpha value is 0.0400. The summed E-state index contributed by atoms with van der Waals surface area (Å²) in [5, 5.41) is -0.216. The van der Waals surface area contributed by atoms with E-state index in [0.717, 1.165) is 0 Å². The molecule has 0 aromatic carbocycles. The van der Waals surface area contributed by atoms with Gasteiger partial charge in [0, 0.05) is 0 Å². The zero-order valence-corrected chi connectivity index (χ0v) is 15.3. The molecular formula is C13H28O6P2. The van der Waals surface area contributed by atoms with Crippen molar-refractivity contribution in [3.8, 4) is 0 Å². The summed E-state index contributed by atoms with van der Waals surface area (Å²) in [5.41, 5.74) is 0. The SMILES string of the molecule is C=C(P(=O)(OCC)OCCC)P(=O)(OCCC)OCCC. The van der Waals surface area contributed by atoms with Gasteiger partial charge < -0.3 is 18.1 Å². The average molecular weight is 342 g/mol. The van der Waals surface area contributed by atoms with Crippen molar-refractivity contribution in [2.45, 2.75) is 47.0 Å². The quantitative estimate of drug-likeness (QED) is 0.431. The van der Waals surface area contributed by atoms with Crippen molar-refractivity contribution in [1.82, 2.24) is 0 Å². The molecule has 0 aliphatic carbocycles. The molecule has 0 saturated carbocycles. The molecule has 1 unspecified atom stereocenters. The second-order valence-electron chi connectivity index (χ2n) is 4.33. The maximum absolute atomic E-state index is 12.8. The van der Waals surface area contributed by atoms with E-state index in [4.69, 9.17) is 18.1 Å². The van der Waals surface area contributed by atoms with Crippen LogP contribution in [0.3, 0.4) is 0 Å². The van der Waals surface area contributed by atoms with Gasteiger partial charge in [0.1, 0.15) is 5.06 Å². The zero-order chi connectivity index (χ0) is 16.4. The van der Waals surface area contributed by atoms with Crippen LogP contribution in [-0.4, -0.2) is 26.4 Å². The van der Waals surface area contributed by atoms with E-state index in [1.807, 2.05) is 20.8 Å². The summed E-state index contributed by atoms with van der Waals surface area (Å²) in [6, 6.07) is 0. The molecule has 0 aromatic heterocycles. The Morgan fingerprint density at radius 2 is 1.10 bits per heavy atom. The van der Waals surface area contributed by atoms with Crippen LogP contribution in [0.5, 0.6) is 0 Å². The molecule has 126 valence electrons. The lowest BCUT2D eigenvalue weighted by atomic mass is 10.5. The molecule has 0 spiro atoms. The average Bonchev–Trinajstić information content (AvgIpc) is 2.48. The van der Waals surface area contributed by atoms with Gasteiger partial charge in [0.2, 0.25) is 0 Å². The molecule has 0 aromatic rings. The molecule has 0 radical (unpaired) electrons. The fourth-order valence-electron chi connectivity index (χ4n) is 1.33. The first-order valence-electron chi connectivity index (χ1n) is 7.38. The van der Waals surface area contributed by atoms with Crippen LogP contribution >= 0.6 is 15.2 Å². The summed E-state index contributed by atoms with van der Waals surface area (Å²) >= 11 is 0. The maximum atomic E-state index is 12.8. The van der Waals surface area contributed by atoms with E-state index < -0.39 is 15.2 Å². The van der Waals surface area contributed by atoms with Crippen molar-refractivity contribution in [2.24, 2.45) is 0 Å². The Morgan fingerprint density at radius 3 is 1.38 bits per heavy atom. The third kappa shape index (κ3) is 6.77. The van der Waals surface area contributed by atoms with Crippen molar-refractivity contribution < 1.29 is 27.2 Å². The van der Waals surface area contributed by atoms with E-state index in [-0.39, 0.29) is 31.5 Å². The van der Waals surface area contributed by atoms with E-state index in [9.17, 15) is 9.13 Å². The molecule has 0 amide bonds. The Morgan fingerprint density at radius 1 is 0.762 bits per heavy atom. The lowest BCUT2D eigenvalue weighted by Crippen LogP contribution is -2.05. The van der Waals surface area contributed by atoms with Gasteiger partial charge in [-0.05, 0) is 26.2 Å². The molecule has 0 fully saturated rings. The molecule has 0 N–H and O–H groups in total. The summed E-state index contributed by atoms with van der Waals surface area (Å²) in [4.78, 5) is 0. The first kappa shape index (κ1) is 21.0. The summed E-state index contributed by atoms with van der Waals surface area (Å²) in [6.07, 6.45) is 1.96. The highest BCUT2D eigenvalue weighted by Gasteiger charge is 2.43. The van der Waals surface area contributed by atoms with Gasteiger partial charge in [-0.25, -0.2) is 0 Å². The highest BCUT2D eigenvalue weighted by Crippen LogP contribution is 2.73. The first-order chi connectivity index (χ1) is 9.90. The maximum Gasteiger partial charge on any atom is 0.368 e. The fraction of sp³-hybridized carbons (Fsp3) is 0.846. The molecule has 0 saturated heterocycles. The normalized spacial score (nSPS) is 14.9. The number of hydrogen-bond acceptors (Lipinski definition) is 6. The monoisotopic (exact) mass is 342 g/mol. The third-order valence-electron chi connectivity index (χ3n) is 2.33. The van der Waals surface area contributed by atoms with Gasteiger partial charge in [0.15, 0.2) is 0 Å². The minimum absolute atomic E-state index is 0.154. The molecule has 0 bridgehead atoms. The Balaban J connectivity index is 5.27. The van der Waals surface area contributed by atoms with Crippen molar-refractivity contribution in [3.05, 3.63) is 11.6 Å². The van der Waals surface area contributed by atoms with E-state index in [1.165, 1.54) is 0 Å². The Kier molecular flexibility index (Phi) is 10.7. The zero-order valence-electron chi connectivity index (χ0n) is 13.5. The second kappa shape index (κ2) is 10.7. The summed E-state index contributed by atoms with van der Waals surface area (Å²) in [7, 11) is -7.48. The lowest BCUT2D eigenvalue weighted by molar-refractivity contribution is 0.202. The van der Waals surface area contributed by atoms with Crippen LogP contribution in [0.15, 0.2) is 11.6 Å². The summed E-state index contributed by atoms with van der Waals surface area (Å²) < 4.78 is 46.7. The van der Waals surface area contributed by atoms with Crippen LogP contribution in [0.4, 0.5) is 0 Å². The van der Waals surface area contributed by atoms with Gasteiger partial charge >= 0.3 is 15.2 Å². The highest BCUT2D eigenvalue weighted by molar-refractivity contribution is 7.78. The fourth-order valence-corrected chi connectivity index (χ4v) is 5.57. The molecular weight excluding hydrogens is 314 g/mol. The molecule has 0 rings (SSSR count). The van der Waals surface area contributed by atoms with E-state index in [2.05, 4.69) is 6.58 Å². The second-order valence-corrected chi connectivity index (χ2v) is 8.78. The molecule has 0 aliphatic heterocycles. The first-order valence-corrected chi connectivity index (χ1v) is 10.5. The number of rotatable bonds is 13. The molecule has 0 aliphatic rings. The van der Waals surface area contributed by atoms with Gasteiger partial charge in [0.25, 0.3) is 0 Å². The topological polar surface area (TPSA) is 71.1 Å². The predicted octanol–water partition coefficient (Wildman–Crippen LogP) is 5.16. The largest absolute Gasteiger partial charge is 0.368 e. The van der Waals surface area contributed by atoms with Gasteiger partial charge in [0.05, 0.1) is 26.4 Å². The van der Waals surface area contributed by atoms with Crippen LogP contribution in [0, 0.1) is 0 Å². The van der Waals surface area contributed by atoms with Crippen molar-refractivity contribution in [2.75, 3.05) is 26.4 Å². The minimum Gasteiger partial charge on any atom is -0.305 e. The van der Waals surface area contributed by atoms with Gasteiger partial charge in [-0.2, -0.15) is 0 Å². The van der Waals surface area contributed by atoms with E-state index in [1.54, 1.807) is 6.92 Å². The van der Waals surface area contributed by atoms with Crippen molar-refractivity contribution >= 4 is 15.2 Å². The Labute approximate surface area is 128 Å². The van der Waals surface area contributed by atoms with Crippen molar-refractivity contribution in [1.29, 1.82) is 0 Å². The summed E-state index contributed by atoms with van der Waals surface area (Å²) in [6.45, 7) is 11.8. The summed E-state index contributed by atoms with van der Waals surface area (Å²) in [5.74, 6) is 0. The number of hydrogen-bond donors (Lipinski definition) is 0. The highest BCUT2D eigenvalue weighted by atomic mass is 31.2. The molecule has 21 heavy (non-hydrogen) atoms. The van der Waals surface area contributed by atoms with Crippen LogP contribution in [0.2, 0.25) is 0 Å². The van der Waals surface area contributed by atoms with Gasteiger partial charge in [-0.1, -0.05) is 27.4 Å². The van der Waals surface area contributed by atoms with Crippen molar-refractivity contribution in [3.63, 3.8) is 0 Å².